The Kier molecular flexibility index (Phi) is 17.2. The van der Waals surface area contributed by atoms with Gasteiger partial charge in [0.15, 0.2) is 0 Å². The molecule has 0 aromatic carbocycles. The summed E-state index contributed by atoms with van der Waals surface area (Å²) in [6, 6.07) is 0.624. The summed E-state index contributed by atoms with van der Waals surface area (Å²) < 4.78 is 2.55. The third-order valence-electron chi connectivity index (χ3n) is 6.87. The molecule has 0 spiro atoms. The summed E-state index contributed by atoms with van der Waals surface area (Å²) in [5, 5.41) is 0. The largest absolute Gasteiger partial charge is 0.257 e. The maximum Gasteiger partial charge on any atom is 0.257 e. The zero-order chi connectivity index (χ0) is 21.9. The van der Waals surface area contributed by atoms with Gasteiger partial charge in [-0.1, -0.05) is 117 Å². The molecule has 0 radical (unpaired) electrons. The van der Waals surface area contributed by atoms with Gasteiger partial charge in [-0.25, -0.2) is 9.55 Å². The Hall–Kier alpha value is -0.790. The second kappa shape index (κ2) is 18.9. The van der Waals surface area contributed by atoms with Crippen LogP contribution in [0.3, 0.4) is 0 Å². The third-order valence-corrected chi connectivity index (χ3v) is 6.87. The Morgan fingerprint density at radius 1 is 0.633 bits per heavy atom. The summed E-state index contributed by atoms with van der Waals surface area (Å²) in [4.78, 5) is 3.62. The summed E-state index contributed by atoms with van der Waals surface area (Å²) in [6.07, 6.45) is 31.0. The molecule has 1 heterocycles. The first-order valence-corrected chi connectivity index (χ1v) is 13.8. The van der Waals surface area contributed by atoms with Crippen LogP contribution in [0.2, 0.25) is 0 Å². The Bertz CT molecular complexity index is 479. The molecular formula is C28H55N2+. The van der Waals surface area contributed by atoms with Crippen molar-refractivity contribution in [3.05, 3.63) is 18.2 Å². The molecule has 1 aromatic rings. The lowest BCUT2D eigenvalue weighted by atomic mass is 9.94. The molecule has 0 amide bonds. The van der Waals surface area contributed by atoms with Gasteiger partial charge in [0.1, 0.15) is 12.4 Å². The molecule has 1 rings (SSSR count). The van der Waals surface area contributed by atoms with Gasteiger partial charge >= 0.3 is 0 Å². The molecule has 2 unspecified atom stereocenters. The van der Waals surface area contributed by atoms with Crippen LogP contribution in [0.5, 0.6) is 0 Å². The maximum atomic E-state index is 3.62. The summed E-state index contributed by atoms with van der Waals surface area (Å²) in [5.41, 5.74) is 0. The topological polar surface area (TPSA) is 19.7 Å². The van der Waals surface area contributed by atoms with Crippen LogP contribution in [0.1, 0.15) is 167 Å². The summed E-state index contributed by atoms with van der Waals surface area (Å²) in [5.74, 6) is 2.20. The van der Waals surface area contributed by atoms with Crippen LogP contribution in [-0.4, -0.2) is 4.98 Å². The van der Waals surface area contributed by atoms with E-state index >= 15 is 0 Å². The lowest BCUT2D eigenvalue weighted by Crippen LogP contribution is -2.41. The fourth-order valence-electron chi connectivity index (χ4n) is 4.90. The van der Waals surface area contributed by atoms with Gasteiger partial charge in [-0.05, 0) is 32.6 Å². The second-order valence-electron chi connectivity index (χ2n) is 9.76. The molecule has 176 valence electrons. The Morgan fingerprint density at radius 2 is 1.13 bits per heavy atom. The van der Waals surface area contributed by atoms with Crippen molar-refractivity contribution >= 4 is 0 Å². The highest BCUT2D eigenvalue weighted by Gasteiger charge is 2.24. The van der Waals surface area contributed by atoms with Crippen molar-refractivity contribution in [2.24, 2.45) is 0 Å². The van der Waals surface area contributed by atoms with Crippen molar-refractivity contribution in [3.8, 4) is 0 Å². The smallest absolute Gasteiger partial charge is 0.247 e. The number of hydrogen-bond donors (Lipinski definition) is 1. The van der Waals surface area contributed by atoms with Crippen LogP contribution < -0.4 is 4.57 Å². The van der Waals surface area contributed by atoms with E-state index in [0.717, 1.165) is 0 Å². The van der Waals surface area contributed by atoms with Gasteiger partial charge in [0.05, 0.1) is 12.0 Å². The molecule has 0 saturated heterocycles. The van der Waals surface area contributed by atoms with Crippen LogP contribution in [0.4, 0.5) is 0 Å². The molecule has 0 fully saturated rings. The number of nitrogens with zero attached hydrogens (tertiary/aromatic N) is 1. The second-order valence-corrected chi connectivity index (χ2v) is 9.76. The molecule has 0 aliphatic carbocycles. The standard InChI is InChI=1S/C28H54N2/c1-5-8-10-11-12-13-14-15-16-17-18-20-23-27(21-7-3)28-29-24-25-30(28)26(4)22-19-9-6-2/h24-27H,5-23H2,1-4H3/p+1. The minimum atomic E-state index is 0.624. The van der Waals surface area contributed by atoms with Crippen molar-refractivity contribution in [2.45, 2.75) is 162 Å². The molecule has 0 saturated carbocycles. The fourth-order valence-corrected chi connectivity index (χ4v) is 4.90. The molecule has 0 bridgehead atoms. The van der Waals surface area contributed by atoms with Crippen molar-refractivity contribution in [3.63, 3.8) is 0 Å². The van der Waals surface area contributed by atoms with Crippen molar-refractivity contribution < 1.29 is 4.57 Å². The predicted octanol–water partition coefficient (Wildman–Crippen LogP) is 9.42. The molecule has 0 aliphatic heterocycles. The average molecular weight is 420 g/mol. The number of aromatic nitrogens is 2. The lowest BCUT2D eigenvalue weighted by Gasteiger charge is -2.16. The number of imidazole rings is 1. The van der Waals surface area contributed by atoms with E-state index in [2.05, 4.69) is 49.6 Å². The van der Waals surface area contributed by atoms with Gasteiger partial charge in [-0.3, -0.25) is 0 Å². The molecule has 2 atom stereocenters. The van der Waals surface area contributed by atoms with Gasteiger partial charge < -0.3 is 0 Å². The van der Waals surface area contributed by atoms with Crippen LogP contribution >= 0.6 is 0 Å². The van der Waals surface area contributed by atoms with E-state index in [1.807, 2.05) is 0 Å². The average Bonchev–Trinajstić information content (AvgIpc) is 3.23. The third kappa shape index (κ3) is 12.2. The number of aromatic amines is 1. The molecular weight excluding hydrogens is 364 g/mol. The highest BCUT2D eigenvalue weighted by molar-refractivity contribution is 4.90. The molecule has 1 aromatic heterocycles. The molecule has 1 N–H and O–H groups in total. The number of nitrogens with one attached hydrogen (secondary N) is 1. The Balaban J connectivity index is 2.23. The number of rotatable bonds is 21. The van der Waals surface area contributed by atoms with Crippen LogP contribution in [0.25, 0.3) is 0 Å². The first-order valence-electron chi connectivity index (χ1n) is 13.8. The number of hydrogen-bond acceptors (Lipinski definition) is 0. The van der Waals surface area contributed by atoms with E-state index in [1.54, 1.807) is 0 Å². The summed E-state index contributed by atoms with van der Waals surface area (Å²) >= 11 is 0. The Labute approximate surface area is 189 Å². The minimum absolute atomic E-state index is 0.624. The van der Waals surface area contributed by atoms with E-state index in [-0.39, 0.29) is 0 Å². The lowest BCUT2D eigenvalue weighted by molar-refractivity contribution is -0.727. The zero-order valence-electron chi connectivity index (χ0n) is 21.2. The molecule has 2 heteroatoms. The minimum Gasteiger partial charge on any atom is -0.247 e. The normalized spacial score (nSPS) is 13.6. The van der Waals surface area contributed by atoms with E-state index < -0.39 is 0 Å². The summed E-state index contributed by atoms with van der Waals surface area (Å²) in [6.45, 7) is 9.34. The van der Waals surface area contributed by atoms with Gasteiger partial charge in [0.25, 0.3) is 5.82 Å². The fraction of sp³-hybridized carbons (Fsp3) is 0.893. The number of H-pyrrole nitrogens is 1. The van der Waals surface area contributed by atoms with Crippen molar-refractivity contribution in [2.75, 3.05) is 0 Å². The zero-order valence-corrected chi connectivity index (χ0v) is 21.2. The quantitative estimate of drug-likeness (QED) is 0.151. The highest BCUT2D eigenvalue weighted by Crippen LogP contribution is 2.26. The van der Waals surface area contributed by atoms with Gasteiger partial charge in [-0.15, -0.1) is 0 Å². The maximum absolute atomic E-state index is 3.62. The first kappa shape index (κ1) is 27.2. The molecule has 2 nitrogen and oxygen atoms in total. The first-order chi connectivity index (χ1) is 14.7. The van der Waals surface area contributed by atoms with E-state index in [0.29, 0.717) is 12.0 Å². The van der Waals surface area contributed by atoms with Crippen molar-refractivity contribution in [1.82, 2.24) is 4.98 Å². The SMILES string of the molecule is CCCCCCCCCCCCCCC(CCC)c1[nH]cc[n+]1C(C)CCCCC. The van der Waals surface area contributed by atoms with E-state index in [9.17, 15) is 0 Å². The van der Waals surface area contributed by atoms with Crippen molar-refractivity contribution in [1.29, 1.82) is 0 Å². The number of unbranched alkanes of at least 4 members (excludes halogenated alkanes) is 13. The van der Waals surface area contributed by atoms with Gasteiger partial charge in [0, 0.05) is 0 Å². The molecule has 30 heavy (non-hydrogen) atoms. The van der Waals surface area contributed by atoms with E-state index in [1.165, 1.54) is 128 Å². The van der Waals surface area contributed by atoms with Crippen LogP contribution in [0, 0.1) is 0 Å². The molecule has 0 aliphatic rings. The van der Waals surface area contributed by atoms with Crippen LogP contribution in [0.15, 0.2) is 12.4 Å². The Morgan fingerprint density at radius 3 is 1.70 bits per heavy atom. The predicted molar refractivity (Wildman–Crippen MR) is 133 cm³/mol. The van der Waals surface area contributed by atoms with E-state index in [4.69, 9.17) is 0 Å². The monoisotopic (exact) mass is 419 g/mol. The summed E-state index contributed by atoms with van der Waals surface area (Å²) in [7, 11) is 0. The highest BCUT2D eigenvalue weighted by atomic mass is 15.1. The van der Waals surface area contributed by atoms with Gasteiger partial charge in [0.2, 0.25) is 0 Å². The van der Waals surface area contributed by atoms with Crippen LogP contribution in [-0.2, 0) is 0 Å². The van der Waals surface area contributed by atoms with Gasteiger partial charge in [-0.2, -0.15) is 0 Å².